The summed E-state index contributed by atoms with van der Waals surface area (Å²) in [6, 6.07) is 2.67. The van der Waals surface area contributed by atoms with E-state index < -0.39 is 15.0 Å². The maximum Gasteiger partial charge on any atom is 0.337 e. The molecule has 1 aromatic carbocycles. The Hall–Kier alpha value is -0.590. The minimum absolute atomic E-state index is 0.107. The van der Waals surface area contributed by atoms with Gasteiger partial charge in [-0.15, -0.1) is 0 Å². The van der Waals surface area contributed by atoms with Crippen molar-refractivity contribution in [3.8, 4) is 0 Å². The minimum Gasteiger partial charge on any atom is -0.465 e. The average molecular weight is 328 g/mol. The third kappa shape index (κ3) is 2.75. The van der Waals surface area contributed by atoms with Crippen molar-refractivity contribution < 1.29 is 17.9 Å². The fraction of sp³-hybridized carbons (Fsp3) is 0.222. The lowest BCUT2D eigenvalue weighted by molar-refractivity contribution is 0.0600. The van der Waals surface area contributed by atoms with E-state index in [1.807, 2.05) is 0 Å². The number of rotatable bonds is 2. The van der Waals surface area contributed by atoms with Crippen LogP contribution >= 0.6 is 26.6 Å². The zero-order chi connectivity index (χ0) is 12.5. The molecule has 0 fully saturated rings. The van der Waals surface area contributed by atoms with Gasteiger partial charge in [0.2, 0.25) is 0 Å². The molecule has 0 amide bonds. The van der Waals surface area contributed by atoms with Gasteiger partial charge in [0, 0.05) is 15.2 Å². The molecule has 7 heteroatoms. The Morgan fingerprint density at radius 2 is 2.00 bits per heavy atom. The summed E-state index contributed by atoms with van der Waals surface area (Å²) in [5.74, 6) is -0.623. The maximum atomic E-state index is 11.3. The van der Waals surface area contributed by atoms with Crippen LogP contribution in [0.1, 0.15) is 15.9 Å². The molecule has 0 radical (unpaired) electrons. The second-order valence-corrected chi connectivity index (χ2v) is 6.40. The Morgan fingerprint density at radius 3 is 2.44 bits per heavy atom. The molecule has 0 bridgehead atoms. The number of carbonyl (C=O) groups is 1. The molecular weight excluding hydrogens is 320 g/mol. The Labute approximate surface area is 106 Å². The van der Waals surface area contributed by atoms with Gasteiger partial charge in [0.1, 0.15) is 0 Å². The van der Waals surface area contributed by atoms with E-state index in [4.69, 9.17) is 10.7 Å². The molecule has 0 aliphatic carbocycles. The van der Waals surface area contributed by atoms with Gasteiger partial charge in [-0.25, -0.2) is 13.2 Å². The van der Waals surface area contributed by atoms with Crippen LogP contribution in [0.25, 0.3) is 0 Å². The van der Waals surface area contributed by atoms with Crippen LogP contribution in [0.3, 0.4) is 0 Å². The number of esters is 1. The quantitative estimate of drug-likeness (QED) is 0.618. The van der Waals surface area contributed by atoms with Gasteiger partial charge in [-0.1, -0.05) is 15.9 Å². The van der Waals surface area contributed by atoms with E-state index in [9.17, 15) is 13.2 Å². The Bertz CT molecular complexity index is 539. The summed E-state index contributed by atoms with van der Waals surface area (Å²) in [5.41, 5.74) is 0.571. The molecule has 1 rings (SSSR count). The average Bonchev–Trinajstić information content (AvgIpc) is 2.18. The summed E-state index contributed by atoms with van der Waals surface area (Å²) >= 11 is 3.16. The lowest BCUT2D eigenvalue weighted by Crippen LogP contribution is -2.05. The maximum absolute atomic E-state index is 11.3. The largest absolute Gasteiger partial charge is 0.465 e. The van der Waals surface area contributed by atoms with Gasteiger partial charge in [-0.05, 0) is 24.6 Å². The predicted molar refractivity (Wildman–Crippen MR) is 63.3 cm³/mol. The van der Waals surface area contributed by atoms with Crippen LogP contribution in [-0.2, 0) is 13.8 Å². The zero-order valence-electron chi connectivity index (χ0n) is 8.45. The highest BCUT2D eigenvalue weighted by molar-refractivity contribution is 9.10. The Morgan fingerprint density at radius 1 is 1.44 bits per heavy atom. The van der Waals surface area contributed by atoms with Crippen molar-refractivity contribution in [2.45, 2.75) is 11.8 Å². The zero-order valence-corrected chi connectivity index (χ0v) is 11.6. The predicted octanol–water partition coefficient (Wildman–Crippen LogP) is 2.47. The first-order valence-corrected chi connectivity index (χ1v) is 7.20. The summed E-state index contributed by atoms with van der Waals surface area (Å²) in [6.07, 6.45) is 0. The van der Waals surface area contributed by atoms with Gasteiger partial charge in [-0.3, -0.25) is 0 Å². The smallest absolute Gasteiger partial charge is 0.337 e. The van der Waals surface area contributed by atoms with Gasteiger partial charge in [0.05, 0.1) is 17.6 Å². The van der Waals surface area contributed by atoms with Crippen molar-refractivity contribution in [1.29, 1.82) is 0 Å². The van der Waals surface area contributed by atoms with E-state index in [0.29, 0.717) is 10.0 Å². The van der Waals surface area contributed by atoms with E-state index >= 15 is 0 Å². The van der Waals surface area contributed by atoms with Crippen LogP contribution in [0.2, 0.25) is 0 Å². The molecule has 0 aliphatic heterocycles. The molecular formula is C9H8BrClO4S. The van der Waals surface area contributed by atoms with E-state index in [0.717, 1.165) is 0 Å². The monoisotopic (exact) mass is 326 g/mol. The highest BCUT2D eigenvalue weighted by Gasteiger charge is 2.19. The Balaban J connectivity index is 3.52. The van der Waals surface area contributed by atoms with Crippen molar-refractivity contribution in [2.24, 2.45) is 0 Å². The van der Waals surface area contributed by atoms with Gasteiger partial charge < -0.3 is 4.74 Å². The van der Waals surface area contributed by atoms with Crippen LogP contribution in [0.4, 0.5) is 0 Å². The second kappa shape index (κ2) is 4.73. The first-order valence-electron chi connectivity index (χ1n) is 4.10. The number of carbonyl (C=O) groups excluding carboxylic acids is 1. The molecule has 0 aliphatic rings. The number of methoxy groups -OCH3 is 1. The molecule has 0 spiro atoms. The lowest BCUT2D eigenvalue weighted by atomic mass is 10.1. The number of benzene rings is 1. The highest BCUT2D eigenvalue weighted by Crippen LogP contribution is 2.28. The second-order valence-electron chi connectivity index (χ2n) is 3.01. The SMILES string of the molecule is COC(=O)c1cc(Br)c(C)c(S(=O)(=O)Cl)c1. The molecule has 0 saturated carbocycles. The van der Waals surface area contributed by atoms with Crippen LogP contribution in [0.15, 0.2) is 21.5 Å². The van der Waals surface area contributed by atoms with Crippen LogP contribution in [0.5, 0.6) is 0 Å². The van der Waals surface area contributed by atoms with Gasteiger partial charge in [-0.2, -0.15) is 0 Å². The van der Waals surface area contributed by atoms with E-state index in [1.54, 1.807) is 6.92 Å². The standard InChI is InChI=1S/C9H8BrClO4S/c1-5-7(10)3-6(9(12)15-2)4-8(5)16(11,13)14/h3-4H,1-2H3. The van der Waals surface area contributed by atoms with Crippen molar-refractivity contribution >= 4 is 41.6 Å². The number of hydrogen-bond donors (Lipinski definition) is 0. The molecule has 88 valence electrons. The van der Waals surface area contributed by atoms with Crippen LogP contribution in [0, 0.1) is 6.92 Å². The normalized spacial score (nSPS) is 11.2. The lowest BCUT2D eigenvalue weighted by Gasteiger charge is -2.07. The third-order valence-electron chi connectivity index (χ3n) is 1.98. The van der Waals surface area contributed by atoms with Crippen LogP contribution in [-0.4, -0.2) is 21.5 Å². The molecule has 0 atom stereocenters. The molecule has 0 aromatic heterocycles. The van der Waals surface area contributed by atoms with Gasteiger partial charge in [0.15, 0.2) is 0 Å². The fourth-order valence-electron chi connectivity index (χ4n) is 1.14. The molecule has 16 heavy (non-hydrogen) atoms. The van der Waals surface area contributed by atoms with E-state index in [2.05, 4.69) is 20.7 Å². The molecule has 4 nitrogen and oxygen atoms in total. The number of hydrogen-bond acceptors (Lipinski definition) is 4. The van der Waals surface area contributed by atoms with Gasteiger partial charge in [0.25, 0.3) is 9.05 Å². The molecule has 0 heterocycles. The topological polar surface area (TPSA) is 60.4 Å². The van der Waals surface area contributed by atoms with Crippen molar-refractivity contribution in [1.82, 2.24) is 0 Å². The van der Waals surface area contributed by atoms with Crippen molar-refractivity contribution in [3.05, 3.63) is 27.7 Å². The van der Waals surface area contributed by atoms with Crippen molar-refractivity contribution in [3.63, 3.8) is 0 Å². The first kappa shape index (κ1) is 13.5. The summed E-state index contributed by atoms with van der Waals surface area (Å²) < 4.78 is 27.5. The fourth-order valence-corrected chi connectivity index (χ4v) is 2.96. The minimum atomic E-state index is -3.89. The third-order valence-corrected chi connectivity index (χ3v) is 4.25. The van der Waals surface area contributed by atoms with E-state index in [1.165, 1.54) is 19.2 Å². The molecule has 0 unspecified atom stereocenters. The number of ether oxygens (including phenoxy) is 1. The summed E-state index contributed by atoms with van der Waals surface area (Å²) in [4.78, 5) is 11.2. The summed E-state index contributed by atoms with van der Waals surface area (Å²) in [5, 5.41) is 0. The molecule has 0 saturated heterocycles. The van der Waals surface area contributed by atoms with Gasteiger partial charge >= 0.3 is 5.97 Å². The Kier molecular flexibility index (Phi) is 3.98. The summed E-state index contributed by atoms with van der Waals surface area (Å²) in [7, 11) is 2.58. The van der Waals surface area contributed by atoms with Crippen LogP contribution < -0.4 is 0 Å². The first-order chi connectivity index (χ1) is 7.27. The van der Waals surface area contributed by atoms with Crippen molar-refractivity contribution in [2.75, 3.05) is 7.11 Å². The van der Waals surface area contributed by atoms with E-state index in [-0.39, 0.29) is 10.5 Å². The summed E-state index contributed by atoms with van der Waals surface area (Å²) in [6.45, 7) is 1.58. The molecule has 0 N–H and O–H groups in total. The highest BCUT2D eigenvalue weighted by atomic mass is 79.9. The number of halogens is 2. The molecule has 1 aromatic rings.